The van der Waals surface area contributed by atoms with Crippen LogP contribution in [0, 0.1) is 10.1 Å². The molecule has 8 nitrogen and oxygen atoms in total. The van der Waals surface area contributed by atoms with Crippen molar-refractivity contribution in [3.63, 3.8) is 0 Å². The van der Waals surface area contributed by atoms with Gasteiger partial charge in [-0.2, -0.15) is 0 Å². The van der Waals surface area contributed by atoms with Gasteiger partial charge in [0.1, 0.15) is 5.69 Å². The third-order valence-corrected chi connectivity index (χ3v) is 4.72. The lowest BCUT2D eigenvalue weighted by Crippen LogP contribution is -2.44. The van der Waals surface area contributed by atoms with Gasteiger partial charge in [0.15, 0.2) is 0 Å². The molecule has 21 heavy (non-hydrogen) atoms. The van der Waals surface area contributed by atoms with Crippen molar-refractivity contribution in [1.82, 2.24) is 9.84 Å². The van der Waals surface area contributed by atoms with E-state index in [1.165, 1.54) is 12.1 Å². The van der Waals surface area contributed by atoms with Crippen LogP contribution in [0.15, 0.2) is 23.1 Å². The summed E-state index contributed by atoms with van der Waals surface area (Å²) in [4.78, 5) is 12.7. The highest BCUT2D eigenvalue weighted by atomic mass is 32.2. The van der Waals surface area contributed by atoms with E-state index in [0.29, 0.717) is 13.1 Å². The lowest BCUT2D eigenvalue weighted by atomic mass is 10.2. The van der Waals surface area contributed by atoms with Crippen molar-refractivity contribution in [2.24, 2.45) is 0 Å². The highest BCUT2D eigenvalue weighted by molar-refractivity contribution is 7.89. The lowest BCUT2D eigenvalue weighted by molar-refractivity contribution is -0.384. The van der Waals surface area contributed by atoms with Crippen LogP contribution in [-0.4, -0.2) is 38.5 Å². The minimum Gasteiger partial charge on any atom is -0.383 e. The van der Waals surface area contributed by atoms with Gasteiger partial charge >= 0.3 is 0 Å². The SMILES string of the molecule is CNc1ccc(S(=O)(=O)NN2CCCCC2)cc1[N+](=O)[O-]. The number of nitrogens with zero attached hydrogens (tertiary/aromatic N) is 2. The number of hydrogen-bond donors (Lipinski definition) is 2. The van der Waals surface area contributed by atoms with E-state index in [0.717, 1.165) is 25.3 Å². The van der Waals surface area contributed by atoms with E-state index in [-0.39, 0.29) is 16.3 Å². The van der Waals surface area contributed by atoms with Gasteiger partial charge in [0.2, 0.25) is 0 Å². The van der Waals surface area contributed by atoms with Crippen molar-refractivity contribution in [1.29, 1.82) is 0 Å². The summed E-state index contributed by atoms with van der Waals surface area (Å²) in [6.45, 7) is 1.30. The van der Waals surface area contributed by atoms with E-state index >= 15 is 0 Å². The standard InChI is InChI=1S/C12H18N4O4S/c1-13-11-6-5-10(9-12(11)16(17)18)21(19,20)14-15-7-3-2-4-8-15/h5-6,9,13-14H,2-4,7-8H2,1H3. The zero-order valence-electron chi connectivity index (χ0n) is 11.7. The number of nitro groups is 1. The van der Waals surface area contributed by atoms with Gasteiger partial charge in [-0.3, -0.25) is 10.1 Å². The van der Waals surface area contributed by atoms with Gasteiger partial charge in [-0.1, -0.05) is 6.42 Å². The van der Waals surface area contributed by atoms with Gasteiger partial charge < -0.3 is 5.32 Å². The number of rotatable bonds is 5. The smallest absolute Gasteiger partial charge is 0.293 e. The van der Waals surface area contributed by atoms with Crippen molar-refractivity contribution < 1.29 is 13.3 Å². The number of piperidine rings is 1. The molecular weight excluding hydrogens is 296 g/mol. The van der Waals surface area contributed by atoms with Gasteiger partial charge in [-0.15, -0.1) is 4.83 Å². The molecule has 0 radical (unpaired) electrons. The van der Waals surface area contributed by atoms with Crippen LogP contribution in [0.1, 0.15) is 19.3 Å². The van der Waals surface area contributed by atoms with E-state index in [1.807, 2.05) is 0 Å². The molecule has 1 fully saturated rings. The summed E-state index contributed by atoms with van der Waals surface area (Å²) in [6, 6.07) is 3.81. The molecular formula is C12H18N4O4S. The van der Waals surface area contributed by atoms with Crippen molar-refractivity contribution in [3.05, 3.63) is 28.3 Å². The van der Waals surface area contributed by atoms with E-state index in [1.54, 1.807) is 12.1 Å². The molecule has 1 aliphatic heterocycles. The molecule has 0 aliphatic carbocycles. The van der Waals surface area contributed by atoms with Gasteiger partial charge in [-0.25, -0.2) is 13.4 Å². The third-order valence-electron chi connectivity index (χ3n) is 3.35. The molecule has 0 bridgehead atoms. The molecule has 0 atom stereocenters. The van der Waals surface area contributed by atoms with Gasteiger partial charge in [0.25, 0.3) is 15.7 Å². The molecule has 116 valence electrons. The minimum absolute atomic E-state index is 0.112. The predicted octanol–water partition coefficient (Wildman–Crippen LogP) is 1.32. The molecule has 1 aromatic carbocycles. The molecule has 0 amide bonds. The van der Waals surface area contributed by atoms with Crippen LogP contribution in [0.4, 0.5) is 11.4 Å². The van der Waals surface area contributed by atoms with E-state index in [4.69, 9.17) is 0 Å². The van der Waals surface area contributed by atoms with Crippen molar-refractivity contribution in [2.75, 3.05) is 25.5 Å². The highest BCUT2D eigenvalue weighted by Gasteiger charge is 2.23. The zero-order chi connectivity index (χ0) is 15.5. The van der Waals surface area contributed by atoms with Crippen molar-refractivity contribution in [2.45, 2.75) is 24.2 Å². The quantitative estimate of drug-likeness (QED) is 0.627. The fourth-order valence-electron chi connectivity index (χ4n) is 2.25. The fraction of sp³-hybridized carbons (Fsp3) is 0.500. The molecule has 9 heteroatoms. The van der Waals surface area contributed by atoms with Gasteiger partial charge in [0.05, 0.1) is 9.82 Å². The maximum absolute atomic E-state index is 12.3. The molecule has 2 N–H and O–H groups in total. The average Bonchev–Trinajstić information content (AvgIpc) is 2.47. The van der Waals surface area contributed by atoms with Crippen LogP contribution in [0.25, 0.3) is 0 Å². The van der Waals surface area contributed by atoms with Crippen LogP contribution in [0.3, 0.4) is 0 Å². The van der Waals surface area contributed by atoms with Crippen LogP contribution in [0.2, 0.25) is 0 Å². The second-order valence-electron chi connectivity index (χ2n) is 4.83. The van der Waals surface area contributed by atoms with Gasteiger partial charge in [-0.05, 0) is 25.0 Å². The Kier molecular flexibility index (Phi) is 4.76. The largest absolute Gasteiger partial charge is 0.383 e. The van der Waals surface area contributed by atoms with Crippen molar-refractivity contribution >= 4 is 21.4 Å². The molecule has 1 heterocycles. The summed E-state index contributed by atoms with van der Waals surface area (Å²) in [6.07, 6.45) is 2.95. The third kappa shape index (κ3) is 3.69. The predicted molar refractivity (Wildman–Crippen MR) is 78.4 cm³/mol. The van der Waals surface area contributed by atoms with Gasteiger partial charge in [0, 0.05) is 26.2 Å². The normalized spacial score (nSPS) is 16.6. The first-order valence-electron chi connectivity index (χ1n) is 6.67. The highest BCUT2D eigenvalue weighted by Crippen LogP contribution is 2.27. The second kappa shape index (κ2) is 6.37. The van der Waals surface area contributed by atoms with Crippen LogP contribution in [-0.2, 0) is 10.0 Å². The fourth-order valence-corrected chi connectivity index (χ4v) is 3.39. The lowest BCUT2D eigenvalue weighted by Gasteiger charge is -2.26. The van der Waals surface area contributed by atoms with Crippen LogP contribution < -0.4 is 10.1 Å². The summed E-state index contributed by atoms with van der Waals surface area (Å²) in [7, 11) is -2.25. The van der Waals surface area contributed by atoms with E-state index in [9.17, 15) is 18.5 Å². The number of sulfonamides is 1. The zero-order valence-corrected chi connectivity index (χ0v) is 12.5. The topological polar surface area (TPSA) is 105 Å². The molecule has 1 aliphatic rings. The molecule has 0 unspecified atom stereocenters. The number of nitrogens with one attached hydrogen (secondary N) is 2. The second-order valence-corrected chi connectivity index (χ2v) is 6.49. The number of hydrazine groups is 1. The molecule has 0 spiro atoms. The molecule has 0 saturated carbocycles. The van der Waals surface area contributed by atoms with Crippen LogP contribution >= 0.6 is 0 Å². The number of hydrogen-bond acceptors (Lipinski definition) is 6. The first-order valence-corrected chi connectivity index (χ1v) is 8.16. The number of anilines is 1. The Morgan fingerprint density at radius 2 is 1.90 bits per heavy atom. The Labute approximate surface area is 123 Å². The van der Waals surface area contributed by atoms with Crippen LogP contribution in [0.5, 0.6) is 0 Å². The van der Waals surface area contributed by atoms with E-state index in [2.05, 4.69) is 10.1 Å². The molecule has 1 saturated heterocycles. The Bertz CT molecular complexity index is 626. The number of nitro benzene ring substituents is 1. The maximum Gasteiger partial charge on any atom is 0.293 e. The summed E-state index contributed by atoms with van der Waals surface area (Å²) < 4.78 is 24.6. The molecule has 0 aromatic heterocycles. The Morgan fingerprint density at radius 1 is 1.24 bits per heavy atom. The molecule has 2 rings (SSSR count). The molecule has 1 aromatic rings. The summed E-state index contributed by atoms with van der Waals surface area (Å²) >= 11 is 0. The summed E-state index contributed by atoms with van der Waals surface area (Å²) in [5, 5.41) is 15.3. The Morgan fingerprint density at radius 3 is 2.48 bits per heavy atom. The van der Waals surface area contributed by atoms with Crippen molar-refractivity contribution in [3.8, 4) is 0 Å². The summed E-state index contributed by atoms with van der Waals surface area (Å²) in [5.74, 6) is 0. The Hall–Kier alpha value is -1.71. The van der Waals surface area contributed by atoms with E-state index < -0.39 is 14.9 Å². The monoisotopic (exact) mass is 314 g/mol. The number of benzene rings is 1. The first kappa shape index (κ1) is 15.7. The average molecular weight is 314 g/mol. The Balaban J connectivity index is 2.27. The summed E-state index contributed by atoms with van der Waals surface area (Å²) in [5.41, 5.74) is 0.0101. The first-order chi connectivity index (χ1) is 9.94. The minimum atomic E-state index is -3.80. The maximum atomic E-state index is 12.3.